The van der Waals surface area contributed by atoms with Gasteiger partial charge in [-0.1, -0.05) is 6.92 Å². The minimum atomic E-state index is -1.59. The molecule has 0 bridgehead atoms. The maximum absolute atomic E-state index is 12.2. The summed E-state index contributed by atoms with van der Waals surface area (Å²) in [6, 6.07) is 0. The molecule has 0 aromatic heterocycles. The Morgan fingerprint density at radius 2 is 1.83 bits per heavy atom. The fourth-order valence-electron chi connectivity index (χ4n) is 2.94. The van der Waals surface area contributed by atoms with Gasteiger partial charge in [0.05, 0.1) is 11.9 Å². The standard InChI is InChI=1S/C17H30N2O5/c1-6-17(23)10-7-8-12(17)9-11-24-14(16(22)19(4)5)13(20)15(21)18(2)3/h9,11-14,20,23H,6-8,10H2,1-5H3/b11-9+/t12-,13-,14-,17-/m1/s1. The Morgan fingerprint density at radius 3 is 2.33 bits per heavy atom. The number of rotatable bonds is 7. The van der Waals surface area contributed by atoms with Crippen LogP contribution in [0.15, 0.2) is 12.3 Å². The summed E-state index contributed by atoms with van der Waals surface area (Å²) in [5.41, 5.74) is -0.751. The number of aliphatic hydroxyl groups excluding tert-OH is 1. The van der Waals surface area contributed by atoms with E-state index in [-0.39, 0.29) is 5.92 Å². The van der Waals surface area contributed by atoms with Crippen LogP contribution >= 0.6 is 0 Å². The van der Waals surface area contributed by atoms with Crippen molar-refractivity contribution in [2.75, 3.05) is 28.2 Å². The molecule has 2 amide bonds. The quantitative estimate of drug-likeness (QED) is 0.652. The third kappa shape index (κ3) is 4.70. The number of aliphatic hydroxyl groups is 2. The van der Waals surface area contributed by atoms with E-state index in [0.717, 1.165) is 19.3 Å². The Bertz CT molecular complexity index is 478. The Kier molecular flexibility index (Phi) is 7.23. The number of ether oxygens (including phenoxy) is 1. The van der Waals surface area contributed by atoms with Crippen LogP contribution in [-0.4, -0.2) is 77.8 Å². The van der Waals surface area contributed by atoms with Crippen LogP contribution in [0, 0.1) is 5.92 Å². The van der Waals surface area contributed by atoms with Crippen molar-refractivity contribution < 1.29 is 24.5 Å². The van der Waals surface area contributed by atoms with Gasteiger partial charge in [0.25, 0.3) is 11.8 Å². The van der Waals surface area contributed by atoms with E-state index in [2.05, 4.69) is 0 Å². The zero-order valence-electron chi connectivity index (χ0n) is 15.2. The van der Waals surface area contributed by atoms with Crippen LogP contribution in [0.4, 0.5) is 0 Å². The molecule has 1 aliphatic carbocycles. The van der Waals surface area contributed by atoms with Crippen molar-refractivity contribution in [1.29, 1.82) is 0 Å². The molecule has 0 radical (unpaired) electrons. The van der Waals surface area contributed by atoms with Crippen molar-refractivity contribution in [3.05, 3.63) is 12.3 Å². The van der Waals surface area contributed by atoms with Gasteiger partial charge in [-0.05, 0) is 31.8 Å². The van der Waals surface area contributed by atoms with E-state index >= 15 is 0 Å². The number of amides is 2. The number of nitrogens with zero attached hydrogens (tertiary/aromatic N) is 2. The van der Waals surface area contributed by atoms with Gasteiger partial charge in [0.15, 0.2) is 6.10 Å². The monoisotopic (exact) mass is 342 g/mol. The highest BCUT2D eigenvalue weighted by atomic mass is 16.5. The first kappa shape index (κ1) is 20.4. The predicted molar refractivity (Wildman–Crippen MR) is 90.0 cm³/mol. The molecule has 4 atom stereocenters. The molecule has 24 heavy (non-hydrogen) atoms. The van der Waals surface area contributed by atoms with Gasteiger partial charge in [-0.3, -0.25) is 9.59 Å². The number of hydrogen-bond acceptors (Lipinski definition) is 5. The summed E-state index contributed by atoms with van der Waals surface area (Å²) in [6.45, 7) is 1.94. The van der Waals surface area contributed by atoms with Crippen LogP contribution < -0.4 is 0 Å². The van der Waals surface area contributed by atoms with Crippen molar-refractivity contribution in [2.24, 2.45) is 5.92 Å². The lowest BCUT2D eigenvalue weighted by atomic mass is 9.88. The minimum absolute atomic E-state index is 0.0562. The summed E-state index contributed by atoms with van der Waals surface area (Å²) >= 11 is 0. The lowest BCUT2D eigenvalue weighted by Gasteiger charge is -2.27. The largest absolute Gasteiger partial charge is 0.485 e. The highest BCUT2D eigenvalue weighted by molar-refractivity contribution is 5.90. The minimum Gasteiger partial charge on any atom is -0.485 e. The van der Waals surface area contributed by atoms with E-state index in [9.17, 15) is 19.8 Å². The second-order valence-corrected chi connectivity index (χ2v) is 6.75. The molecule has 0 heterocycles. The third-order valence-electron chi connectivity index (χ3n) is 4.63. The molecular weight excluding hydrogens is 312 g/mol. The molecule has 1 fully saturated rings. The molecule has 0 aliphatic heterocycles. The fraction of sp³-hybridized carbons (Fsp3) is 0.765. The van der Waals surface area contributed by atoms with E-state index in [0.29, 0.717) is 6.42 Å². The number of likely N-dealkylation sites (N-methyl/N-ethyl adjacent to an activating group) is 2. The fourth-order valence-corrected chi connectivity index (χ4v) is 2.94. The Morgan fingerprint density at radius 1 is 1.25 bits per heavy atom. The first-order valence-electron chi connectivity index (χ1n) is 8.29. The first-order valence-corrected chi connectivity index (χ1v) is 8.29. The van der Waals surface area contributed by atoms with E-state index in [1.807, 2.05) is 6.92 Å². The van der Waals surface area contributed by atoms with Gasteiger partial charge >= 0.3 is 0 Å². The van der Waals surface area contributed by atoms with E-state index in [1.165, 1.54) is 44.3 Å². The van der Waals surface area contributed by atoms with Crippen LogP contribution in [0.1, 0.15) is 32.6 Å². The van der Waals surface area contributed by atoms with Gasteiger partial charge in [0.1, 0.15) is 0 Å². The van der Waals surface area contributed by atoms with Crippen molar-refractivity contribution in [3.63, 3.8) is 0 Å². The first-order chi connectivity index (χ1) is 11.1. The van der Waals surface area contributed by atoms with Gasteiger partial charge in [0.2, 0.25) is 6.10 Å². The van der Waals surface area contributed by atoms with Crippen LogP contribution in [0.25, 0.3) is 0 Å². The Labute approximate surface area is 143 Å². The van der Waals surface area contributed by atoms with Gasteiger partial charge in [0, 0.05) is 34.1 Å². The average Bonchev–Trinajstić information content (AvgIpc) is 2.91. The highest BCUT2D eigenvalue weighted by Crippen LogP contribution is 2.38. The Balaban J connectivity index is 2.84. The molecule has 7 heteroatoms. The van der Waals surface area contributed by atoms with Crippen molar-refractivity contribution in [2.45, 2.75) is 50.4 Å². The molecule has 1 rings (SSSR count). The van der Waals surface area contributed by atoms with Gasteiger partial charge < -0.3 is 24.7 Å². The number of hydrogen-bond donors (Lipinski definition) is 2. The number of carbonyl (C=O) groups is 2. The highest BCUT2D eigenvalue weighted by Gasteiger charge is 2.39. The summed E-state index contributed by atoms with van der Waals surface area (Å²) in [5.74, 6) is -1.16. The number of carbonyl (C=O) groups excluding carboxylic acids is 2. The summed E-state index contributed by atoms with van der Waals surface area (Å²) in [7, 11) is 6.06. The second-order valence-electron chi connectivity index (χ2n) is 6.75. The molecular formula is C17H30N2O5. The van der Waals surface area contributed by atoms with Gasteiger partial charge in [-0.2, -0.15) is 0 Å². The van der Waals surface area contributed by atoms with Crippen LogP contribution in [0.5, 0.6) is 0 Å². The van der Waals surface area contributed by atoms with Crippen LogP contribution in [0.2, 0.25) is 0 Å². The van der Waals surface area contributed by atoms with Gasteiger partial charge in [-0.15, -0.1) is 0 Å². The average molecular weight is 342 g/mol. The lowest BCUT2D eigenvalue weighted by molar-refractivity contribution is -0.155. The molecule has 0 unspecified atom stereocenters. The van der Waals surface area contributed by atoms with E-state index in [4.69, 9.17) is 4.74 Å². The van der Waals surface area contributed by atoms with E-state index < -0.39 is 29.6 Å². The molecule has 0 spiro atoms. The summed E-state index contributed by atoms with van der Waals surface area (Å²) in [4.78, 5) is 26.6. The van der Waals surface area contributed by atoms with E-state index in [1.54, 1.807) is 6.08 Å². The molecule has 7 nitrogen and oxygen atoms in total. The predicted octanol–water partition coefficient (Wildman–Crippen LogP) is 0.364. The van der Waals surface area contributed by atoms with Crippen molar-refractivity contribution in [1.82, 2.24) is 9.80 Å². The molecule has 1 saturated carbocycles. The molecule has 1 aliphatic rings. The zero-order chi connectivity index (χ0) is 18.5. The zero-order valence-corrected chi connectivity index (χ0v) is 15.2. The summed E-state index contributed by atoms with van der Waals surface area (Å²) in [6.07, 6.45) is 3.30. The SMILES string of the molecule is CC[C@@]1(O)CCC[C@@H]1/C=C/O[C@@H](C(=O)N(C)C)[C@@H](O)C(=O)N(C)C. The van der Waals surface area contributed by atoms with Crippen molar-refractivity contribution in [3.8, 4) is 0 Å². The Hall–Kier alpha value is -1.60. The molecule has 0 saturated heterocycles. The molecule has 2 N–H and O–H groups in total. The summed E-state index contributed by atoms with van der Waals surface area (Å²) < 4.78 is 5.42. The maximum Gasteiger partial charge on any atom is 0.266 e. The van der Waals surface area contributed by atoms with Gasteiger partial charge in [-0.25, -0.2) is 0 Å². The second kappa shape index (κ2) is 8.48. The maximum atomic E-state index is 12.2. The van der Waals surface area contributed by atoms with Crippen molar-refractivity contribution >= 4 is 11.8 Å². The van der Waals surface area contributed by atoms with Crippen LogP contribution in [0.3, 0.4) is 0 Å². The topological polar surface area (TPSA) is 90.3 Å². The smallest absolute Gasteiger partial charge is 0.266 e. The van der Waals surface area contributed by atoms with Crippen LogP contribution in [-0.2, 0) is 14.3 Å². The molecule has 0 aromatic carbocycles. The third-order valence-corrected chi connectivity index (χ3v) is 4.63. The summed E-state index contributed by atoms with van der Waals surface area (Å²) in [5, 5.41) is 20.7. The molecule has 0 aromatic rings. The normalized spacial score (nSPS) is 26.2. The lowest BCUT2D eigenvalue weighted by Crippen LogP contribution is -2.49. The molecule has 138 valence electrons.